The van der Waals surface area contributed by atoms with Crippen LogP contribution in [0.1, 0.15) is 31.1 Å². The lowest BCUT2D eigenvalue weighted by atomic mass is 10.1. The molecule has 0 aromatic carbocycles. The SMILES string of the molecule is CCNc1ccc(C(=O)N(C)CC(C)(C)O)cn1. The molecule has 1 aromatic rings. The highest BCUT2D eigenvalue weighted by molar-refractivity contribution is 5.93. The van der Waals surface area contributed by atoms with Gasteiger partial charge in [-0.25, -0.2) is 4.98 Å². The summed E-state index contributed by atoms with van der Waals surface area (Å²) in [7, 11) is 1.67. The molecule has 0 saturated carbocycles. The topological polar surface area (TPSA) is 65.5 Å². The second kappa shape index (κ2) is 5.82. The molecule has 0 unspecified atom stereocenters. The average molecular weight is 251 g/mol. The van der Waals surface area contributed by atoms with Crippen LogP contribution < -0.4 is 5.32 Å². The molecule has 0 saturated heterocycles. The van der Waals surface area contributed by atoms with Gasteiger partial charge in [0.15, 0.2) is 0 Å². The van der Waals surface area contributed by atoms with Crippen LogP contribution in [0.3, 0.4) is 0 Å². The minimum atomic E-state index is -0.901. The standard InChI is InChI=1S/C13H21N3O2/c1-5-14-11-7-6-10(8-15-11)12(17)16(4)9-13(2,3)18/h6-8,18H,5,9H2,1-4H3,(H,14,15). The van der Waals surface area contributed by atoms with Gasteiger partial charge in [0, 0.05) is 26.3 Å². The number of rotatable bonds is 5. The Bertz CT molecular complexity index is 396. The summed E-state index contributed by atoms with van der Waals surface area (Å²) >= 11 is 0. The molecule has 0 radical (unpaired) electrons. The molecule has 0 atom stereocenters. The fraction of sp³-hybridized carbons (Fsp3) is 0.538. The van der Waals surface area contributed by atoms with Gasteiger partial charge in [0.25, 0.3) is 5.91 Å². The first-order valence-corrected chi connectivity index (χ1v) is 6.01. The molecule has 0 spiro atoms. The summed E-state index contributed by atoms with van der Waals surface area (Å²) in [5.41, 5.74) is -0.384. The van der Waals surface area contributed by atoms with Crippen LogP contribution in [0, 0.1) is 0 Å². The summed E-state index contributed by atoms with van der Waals surface area (Å²) in [6, 6.07) is 3.50. The van der Waals surface area contributed by atoms with Crippen LogP contribution in [0.15, 0.2) is 18.3 Å². The molecule has 1 heterocycles. The monoisotopic (exact) mass is 251 g/mol. The Hall–Kier alpha value is -1.62. The third-order valence-corrected chi connectivity index (χ3v) is 2.34. The van der Waals surface area contributed by atoms with Gasteiger partial charge in [-0.05, 0) is 32.9 Å². The van der Waals surface area contributed by atoms with E-state index in [9.17, 15) is 9.90 Å². The molecule has 1 aromatic heterocycles. The maximum Gasteiger partial charge on any atom is 0.255 e. The van der Waals surface area contributed by atoms with Gasteiger partial charge >= 0.3 is 0 Å². The quantitative estimate of drug-likeness (QED) is 0.829. The van der Waals surface area contributed by atoms with E-state index in [1.54, 1.807) is 39.2 Å². The van der Waals surface area contributed by atoms with E-state index in [0.717, 1.165) is 12.4 Å². The number of anilines is 1. The lowest BCUT2D eigenvalue weighted by Gasteiger charge is -2.25. The molecular formula is C13H21N3O2. The number of hydrogen-bond donors (Lipinski definition) is 2. The predicted octanol–water partition coefficient (Wildman–Crippen LogP) is 1.36. The highest BCUT2D eigenvalue weighted by Gasteiger charge is 2.20. The van der Waals surface area contributed by atoms with E-state index < -0.39 is 5.60 Å². The molecule has 18 heavy (non-hydrogen) atoms. The Labute approximate surface area is 108 Å². The van der Waals surface area contributed by atoms with E-state index in [1.165, 1.54) is 4.90 Å². The largest absolute Gasteiger partial charge is 0.389 e. The Morgan fingerprint density at radius 2 is 2.17 bits per heavy atom. The predicted molar refractivity (Wildman–Crippen MR) is 71.7 cm³/mol. The van der Waals surface area contributed by atoms with Crippen molar-refractivity contribution in [2.24, 2.45) is 0 Å². The van der Waals surface area contributed by atoms with Crippen molar-refractivity contribution in [2.45, 2.75) is 26.4 Å². The number of pyridine rings is 1. The van der Waals surface area contributed by atoms with Crippen molar-refractivity contribution >= 4 is 11.7 Å². The van der Waals surface area contributed by atoms with E-state index in [-0.39, 0.29) is 12.5 Å². The number of amides is 1. The molecular weight excluding hydrogens is 230 g/mol. The summed E-state index contributed by atoms with van der Waals surface area (Å²) in [5, 5.41) is 12.7. The van der Waals surface area contributed by atoms with Gasteiger partial charge in [-0.3, -0.25) is 4.79 Å². The van der Waals surface area contributed by atoms with E-state index >= 15 is 0 Å². The minimum Gasteiger partial charge on any atom is -0.389 e. The van der Waals surface area contributed by atoms with Crippen LogP contribution in [0.4, 0.5) is 5.82 Å². The summed E-state index contributed by atoms with van der Waals surface area (Å²) in [6.45, 7) is 6.39. The molecule has 0 aliphatic carbocycles. The third-order valence-electron chi connectivity index (χ3n) is 2.34. The first kappa shape index (κ1) is 14.4. The summed E-state index contributed by atoms with van der Waals surface area (Å²) < 4.78 is 0. The van der Waals surface area contributed by atoms with Crippen LogP contribution in [0.5, 0.6) is 0 Å². The summed E-state index contributed by atoms with van der Waals surface area (Å²) in [6.07, 6.45) is 1.54. The molecule has 0 aliphatic heterocycles. The van der Waals surface area contributed by atoms with Crippen molar-refractivity contribution in [1.29, 1.82) is 0 Å². The van der Waals surface area contributed by atoms with Gasteiger partial charge in [0.1, 0.15) is 5.82 Å². The van der Waals surface area contributed by atoms with Crippen molar-refractivity contribution in [1.82, 2.24) is 9.88 Å². The van der Waals surface area contributed by atoms with Crippen molar-refractivity contribution in [3.05, 3.63) is 23.9 Å². The van der Waals surface area contributed by atoms with Gasteiger partial charge in [-0.1, -0.05) is 0 Å². The number of nitrogens with one attached hydrogen (secondary N) is 1. The Balaban J connectivity index is 2.72. The van der Waals surface area contributed by atoms with E-state index in [4.69, 9.17) is 0 Å². The maximum absolute atomic E-state index is 12.0. The Morgan fingerprint density at radius 1 is 1.50 bits per heavy atom. The Morgan fingerprint density at radius 3 is 2.61 bits per heavy atom. The second-order valence-electron chi connectivity index (χ2n) is 4.94. The van der Waals surface area contributed by atoms with Crippen LogP contribution in [0.25, 0.3) is 0 Å². The smallest absolute Gasteiger partial charge is 0.255 e. The number of aliphatic hydroxyl groups is 1. The van der Waals surface area contributed by atoms with Crippen molar-refractivity contribution in [3.8, 4) is 0 Å². The fourth-order valence-corrected chi connectivity index (χ4v) is 1.68. The highest BCUT2D eigenvalue weighted by Crippen LogP contribution is 2.10. The number of nitrogens with zero attached hydrogens (tertiary/aromatic N) is 2. The van der Waals surface area contributed by atoms with E-state index in [0.29, 0.717) is 5.56 Å². The van der Waals surface area contributed by atoms with Gasteiger partial charge in [-0.2, -0.15) is 0 Å². The number of likely N-dealkylation sites (N-methyl/N-ethyl adjacent to an activating group) is 1. The van der Waals surface area contributed by atoms with Crippen LogP contribution in [0.2, 0.25) is 0 Å². The molecule has 0 bridgehead atoms. The first-order valence-electron chi connectivity index (χ1n) is 6.01. The fourth-order valence-electron chi connectivity index (χ4n) is 1.68. The van der Waals surface area contributed by atoms with Crippen LogP contribution in [-0.2, 0) is 0 Å². The number of aromatic nitrogens is 1. The second-order valence-corrected chi connectivity index (χ2v) is 4.94. The molecule has 100 valence electrons. The normalized spacial score (nSPS) is 11.2. The van der Waals surface area contributed by atoms with Crippen LogP contribution in [-0.4, -0.2) is 46.6 Å². The highest BCUT2D eigenvalue weighted by atomic mass is 16.3. The summed E-state index contributed by atoms with van der Waals surface area (Å²) in [4.78, 5) is 17.7. The Kier molecular flexibility index (Phi) is 4.67. The molecule has 2 N–H and O–H groups in total. The van der Waals surface area contributed by atoms with Gasteiger partial charge in [-0.15, -0.1) is 0 Å². The zero-order valence-electron chi connectivity index (χ0n) is 11.4. The first-order chi connectivity index (χ1) is 8.33. The number of carbonyl (C=O) groups excluding carboxylic acids is 1. The summed E-state index contributed by atoms with van der Waals surface area (Å²) in [5.74, 6) is 0.604. The third kappa shape index (κ3) is 4.33. The molecule has 0 aliphatic rings. The maximum atomic E-state index is 12.0. The molecule has 5 nitrogen and oxygen atoms in total. The average Bonchev–Trinajstić information content (AvgIpc) is 2.27. The number of hydrogen-bond acceptors (Lipinski definition) is 4. The zero-order valence-corrected chi connectivity index (χ0v) is 11.4. The minimum absolute atomic E-state index is 0.146. The van der Waals surface area contributed by atoms with Gasteiger partial charge in [0.2, 0.25) is 0 Å². The van der Waals surface area contributed by atoms with Crippen molar-refractivity contribution in [2.75, 3.05) is 25.5 Å². The van der Waals surface area contributed by atoms with E-state index in [2.05, 4.69) is 10.3 Å². The van der Waals surface area contributed by atoms with Gasteiger partial charge < -0.3 is 15.3 Å². The molecule has 1 amide bonds. The van der Waals surface area contributed by atoms with Crippen LogP contribution >= 0.6 is 0 Å². The lowest BCUT2D eigenvalue weighted by Crippen LogP contribution is -2.39. The van der Waals surface area contributed by atoms with Crippen molar-refractivity contribution < 1.29 is 9.90 Å². The molecule has 1 rings (SSSR count). The lowest BCUT2D eigenvalue weighted by molar-refractivity contribution is 0.0367. The zero-order chi connectivity index (χ0) is 13.8. The van der Waals surface area contributed by atoms with Gasteiger partial charge in [0.05, 0.1) is 11.2 Å². The molecule has 5 heteroatoms. The van der Waals surface area contributed by atoms with E-state index in [1.807, 2.05) is 6.92 Å². The number of carbonyl (C=O) groups is 1. The molecule has 0 fully saturated rings. The van der Waals surface area contributed by atoms with Crippen molar-refractivity contribution in [3.63, 3.8) is 0 Å².